The maximum absolute atomic E-state index is 12.7. The Labute approximate surface area is 180 Å². The standard InChI is InChI=1S/C21H18N8O3/c1-27-8-22-20-18(27)21(30)29(9-23-20)7-16-25-19(26-32-16)17-12-5-28(6-13(12)17)11-2-3-14-15(4-11)31-10-24-14/h2-4,8-10,12-13,17H,5-7H2,1H3/t12-,13+,17+. The lowest BCUT2D eigenvalue weighted by Crippen LogP contribution is -2.23. The second-order valence-electron chi connectivity index (χ2n) is 8.51. The molecule has 5 heterocycles. The van der Waals surface area contributed by atoms with Crippen LogP contribution in [-0.2, 0) is 13.6 Å². The molecule has 0 spiro atoms. The molecule has 11 nitrogen and oxygen atoms in total. The number of anilines is 1. The molecule has 0 unspecified atom stereocenters. The molecule has 1 aromatic carbocycles. The van der Waals surface area contributed by atoms with Crippen molar-refractivity contribution in [3.8, 4) is 0 Å². The maximum Gasteiger partial charge on any atom is 0.280 e. The molecule has 0 amide bonds. The molecule has 3 atom stereocenters. The highest BCUT2D eigenvalue weighted by Gasteiger charge is 2.58. The van der Waals surface area contributed by atoms with Gasteiger partial charge in [-0.1, -0.05) is 5.16 Å². The van der Waals surface area contributed by atoms with Gasteiger partial charge in [0.15, 0.2) is 29.0 Å². The first kappa shape index (κ1) is 17.6. The average molecular weight is 430 g/mol. The topological polar surface area (TPSA) is 121 Å². The summed E-state index contributed by atoms with van der Waals surface area (Å²) in [6.07, 6.45) is 4.52. The van der Waals surface area contributed by atoms with Gasteiger partial charge in [-0.2, -0.15) is 4.98 Å². The molecule has 32 heavy (non-hydrogen) atoms. The smallest absolute Gasteiger partial charge is 0.280 e. The first-order valence-electron chi connectivity index (χ1n) is 10.4. The van der Waals surface area contributed by atoms with Gasteiger partial charge in [-0.25, -0.2) is 15.0 Å². The van der Waals surface area contributed by atoms with Crippen molar-refractivity contribution in [2.24, 2.45) is 18.9 Å². The van der Waals surface area contributed by atoms with Gasteiger partial charge in [0.2, 0.25) is 5.89 Å². The molecule has 1 aliphatic heterocycles. The second kappa shape index (κ2) is 6.25. The Morgan fingerprint density at radius 1 is 1.12 bits per heavy atom. The highest BCUT2D eigenvalue weighted by Crippen LogP contribution is 2.58. The minimum absolute atomic E-state index is 0.183. The molecule has 11 heteroatoms. The molecule has 1 saturated carbocycles. The summed E-state index contributed by atoms with van der Waals surface area (Å²) in [6.45, 7) is 2.07. The van der Waals surface area contributed by atoms with Crippen molar-refractivity contribution in [1.82, 2.24) is 34.2 Å². The van der Waals surface area contributed by atoms with Crippen molar-refractivity contribution >= 4 is 28.0 Å². The Morgan fingerprint density at radius 2 is 1.97 bits per heavy atom. The highest BCUT2D eigenvalue weighted by atomic mass is 16.5. The molecular formula is C21H18N8O3. The van der Waals surface area contributed by atoms with E-state index in [1.807, 2.05) is 12.1 Å². The monoisotopic (exact) mass is 430 g/mol. The molecule has 7 rings (SSSR count). The van der Waals surface area contributed by atoms with Gasteiger partial charge in [0.1, 0.15) is 18.4 Å². The molecule has 0 bridgehead atoms. The van der Waals surface area contributed by atoms with Crippen LogP contribution in [0.2, 0.25) is 0 Å². The highest BCUT2D eigenvalue weighted by molar-refractivity contribution is 5.77. The van der Waals surface area contributed by atoms with Crippen molar-refractivity contribution in [1.29, 1.82) is 0 Å². The van der Waals surface area contributed by atoms with Crippen LogP contribution in [-0.4, -0.2) is 47.3 Å². The van der Waals surface area contributed by atoms with E-state index in [1.165, 1.54) is 17.3 Å². The lowest BCUT2D eigenvalue weighted by Gasteiger charge is -2.21. The number of hydrogen-bond acceptors (Lipinski definition) is 9. The summed E-state index contributed by atoms with van der Waals surface area (Å²) in [4.78, 5) is 32.2. The van der Waals surface area contributed by atoms with E-state index < -0.39 is 0 Å². The number of aromatic nitrogens is 7. The van der Waals surface area contributed by atoms with Gasteiger partial charge in [-0.3, -0.25) is 9.36 Å². The maximum atomic E-state index is 12.7. The van der Waals surface area contributed by atoms with E-state index in [1.54, 1.807) is 17.9 Å². The molecule has 1 aliphatic carbocycles. The quantitative estimate of drug-likeness (QED) is 0.418. The van der Waals surface area contributed by atoms with Gasteiger partial charge >= 0.3 is 0 Å². The number of hydrogen-bond donors (Lipinski definition) is 0. The van der Waals surface area contributed by atoms with E-state index in [9.17, 15) is 4.79 Å². The second-order valence-corrected chi connectivity index (χ2v) is 8.51. The van der Waals surface area contributed by atoms with Gasteiger partial charge in [0.05, 0.1) is 6.33 Å². The predicted molar refractivity (Wildman–Crippen MR) is 112 cm³/mol. The fraction of sp³-hybridized carbons (Fsp3) is 0.333. The van der Waals surface area contributed by atoms with Crippen LogP contribution in [0.15, 0.2) is 51.0 Å². The number of nitrogens with zero attached hydrogens (tertiary/aromatic N) is 8. The number of imidazole rings is 1. The summed E-state index contributed by atoms with van der Waals surface area (Å²) >= 11 is 0. The fourth-order valence-corrected chi connectivity index (χ4v) is 4.96. The molecule has 0 radical (unpaired) electrons. The van der Waals surface area contributed by atoms with Crippen LogP contribution in [0.5, 0.6) is 0 Å². The van der Waals surface area contributed by atoms with Crippen LogP contribution in [0, 0.1) is 11.8 Å². The normalized spacial score (nSPS) is 22.2. The van der Waals surface area contributed by atoms with E-state index in [-0.39, 0.29) is 12.1 Å². The van der Waals surface area contributed by atoms with Crippen molar-refractivity contribution in [2.75, 3.05) is 18.0 Å². The van der Waals surface area contributed by atoms with Crippen molar-refractivity contribution in [3.05, 3.63) is 59.3 Å². The summed E-state index contributed by atoms with van der Waals surface area (Å²) < 4.78 is 14.0. The average Bonchev–Trinajstić information content (AvgIpc) is 3.38. The first-order valence-corrected chi connectivity index (χ1v) is 10.4. The first-order chi connectivity index (χ1) is 15.7. The number of oxazole rings is 1. The zero-order valence-electron chi connectivity index (χ0n) is 17.1. The Hall–Kier alpha value is -4.02. The van der Waals surface area contributed by atoms with Crippen LogP contribution in [0.3, 0.4) is 0 Å². The van der Waals surface area contributed by atoms with Crippen LogP contribution >= 0.6 is 0 Å². The third kappa shape index (κ3) is 2.53. The number of rotatable bonds is 4. The fourth-order valence-electron chi connectivity index (χ4n) is 4.96. The predicted octanol–water partition coefficient (Wildman–Crippen LogP) is 1.55. The van der Waals surface area contributed by atoms with Crippen LogP contribution < -0.4 is 10.5 Å². The minimum Gasteiger partial charge on any atom is -0.443 e. The van der Waals surface area contributed by atoms with Crippen LogP contribution in [0.4, 0.5) is 5.69 Å². The van der Waals surface area contributed by atoms with Gasteiger partial charge in [0.25, 0.3) is 5.56 Å². The zero-order chi connectivity index (χ0) is 21.4. The summed E-state index contributed by atoms with van der Waals surface area (Å²) in [7, 11) is 1.77. The minimum atomic E-state index is -0.183. The van der Waals surface area contributed by atoms with E-state index in [0.717, 1.165) is 35.7 Å². The lowest BCUT2D eigenvalue weighted by atomic mass is 10.2. The summed E-state index contributed by atoms with van der Waals surface area (Å²) in [5, 5.41) is 4.21. The van der Waals surface area contributed by atoms with E-state index >= 15 is 0 Å². The molecule has 1 saturated heterocycles. The molecular weight excluding hydrogens is 412 g/mol. The molecule has 2 fully saturated rings. The SMILES string of the molecule is Cn1cnc2ncn(Cc3nc([C@H]4[C@@H]5CN(c6ccc7ncoc7c6)C[C@@H]54)no3)c(=O)c21. The Balaban J connectivity index is 1.07. The number of benzene rings is 1. The largest absolute Gasteiger partial charge is 0.443 e. The van der Waals surface area contributed by atoms with E-state index in [2.05, 4.69) is 36.1 Å². The van der Waals surface area contributed by atoms with E-state index in [4.69, 9.17) is 8.94 Å². The summed E-state index contributed by atoms with van der Waals surface area (Å²) in [6, 6.07) is 6.11. The Morgan fingerprint density at radius 3 is 2.84 bits per heavy atom. The molecule has 2 aliphatic rings. The molecule has 5 aromatic rings. The van der Waals surface area contributed by atoms with Gasteiger partial charge in [0, 0.05) is 37.8 Å². The number of fused-ring (bicyclic) bond motifs is 3. The Kier molecular flexibility index (Phi) is 3.45. The third-order valence-electron chi connectivity index (χ3n) is 6.66. The number of piperidine rings is 1. The molecule has 0 N–H and O–H groups in total. The van der Waals surface area contributed by atoms with Gasteiger partial charge < -0.3 is 18.4 Å². The zero-order valence-corrected chi connectivity index (χ0v) is 17.1. The van der Waals surface area contributed by atoms with Gasteiger partial charge in [-0.05, 0) is 24.0 Å². The summed E-state index contributed by atoms with van der Waals surface area (Å²) in [5.74, 6) is 2.43. The van der Waals surface area contributed by atoms with Crippen LogP contribution in [0.1, 0.15) is 17.6 Å². The third-order valence-corrected chi connectivity index (χ3v) is 6.66. The Bertz CT molecular complexity index is 1530. The van der Waals surface area contributed by atoms with E-state index in [0.29, 0.717) is 34.8 Å². The molecule has 4 aromatic heterocycles. The summed E-state index contributed by atoms with van der Waals surface area (Å²) in [5.41, 5.74) is 3.51. The van der Waals surface area contributed by atoms with Crippen molar-refractivity contribution in [3.63, 3.8) is 0 Å². The van der Waals surface area contributed by atoms with Crippen LogP contribution in [0.25, 0.3) is 22.3 Å². The van der Waals surface area contributed by atoms with Crippen molar-refractivity contribution < 1.29 is 8.94 Å². The van der Waals surface area contributed by atoms with Gasteiger partial charge in [-0.15, -0.1) is 0 Å². The number of aryl methyl sites for hydroxylation is 1. The van der Waals surface area contributed by atoms with Crippen molar-refractivity contribution in [2.45, 2.75) is 12.5 Å². The molecule has 160 valence electrons. The lowest BCUT2D eigenvalue weighted by molar-refractivity contribution is 0.363.